The average Bonchev–Trinajstić information content (AvgIpc) is 2.10. The molecular formula is C9H8ClFOS. The summed E-state index contributed by atoms with van der Waals surface area (Å²) in [6, 6.07) is 4.18. The summed E-state index contributed by atoms with van der Waals surface area (Å²) < 4.78 is 12.9. The van der Waals surface area contributed by atoms with Gasteiger partial charge in [0.25, 0.3) is 0 Å². The highest BCUT2D eigenvalue weighted by Gasteiger charge is 2.07. The van der Waals surface area contributed by atoms with E-state index in [1.165, 1.54) is 12.1 Å². The van der Waals surface area contributed by atoms with Crippen LogP contribution in [0.4, 0.5) is 4.39 Å². The van der Waals surface area contributed by atoms with Gasteiger partial charge in [-0.25, -0.2) is 4.39 Å². The molecule has 0 atom stereocenters. The van der Waals surface area contributed by atoms with Crippen LogP contribution in [0.15, 0.2) is 23.1 Å². The molecule has 0 aliphatic carbocycles. The third-order valence-corrected chi connectivity index (χ3v) is 2.14. The van der Waals surface area contributed by atoms with E-state index in [1.807, 2.05) is 0 Å². The lowest BCUT2D eigenvalue weighted by atomic mass is 10.1. The van der Waals surface area contributed by atoms with Crippen LogP contribution < -0.4 is 0 Å². The van der Waals surface area contributed by atoms with Crippen LogP contribution in [0.5, 0.6) is 0 Å². The van der Waals surface area contributed by atoms with Gasteiger partial charge in [-0.05, 0) is 12.1 Å². The van der Waals surface area contributed by atoms with Crippen LogP contribution in [0.3, 0.4) is 0 Å². The van der Waals surface area contributed by atoms with Gasteiger partial charge in [-0.1, -0.05) is 6.07 Å². The van der Waals surface area contributed by atoms with E-state index in [4.69, 9.17) is 11.6 Å². The maximum Gasteiger partial charge on any atom is 0.164 e. The number of carbonyl (C=O) groups excluding carboxylic acids is 1. The molecule has 0 bridgehead atoms. The second kappa shape index (κ2) is 4.63. The Bertz CT molecular complexity index is 327. The number of carbonyl (C=O) groups is 1. The second-order valence-corrected chi connectivity index (χ2v) is 3.39. The molecule has 0 radical (unpaired) electrons. The molecule has 1 aromatic rings. The molecule has 0 unspecified atom stereocenters. The molecule has 0 heterocycles. The van der Waals surface area contributed by atoms with Gasteiger partial charge in [0.2, 0.25) is 0 Å². The van der Waals surface area contributed by atoms with Crippen molar-refractivity contribution in [2.45, 2.75) is 11.3 Å². The van der Waals surface area contributed by atoms with Crippen molar-refractivity contribution in [3.63, 3.8) is 0 Å². The van der Waals surface area contributed by atoms with Crippen molar-refractivity contribution in [3.8, 4) is 0 Å². The van der Waals surface area contributed by atoms with Gasteiger partial charge >= 0.3 is 0 Å². The van der Waals surface area contributed by atoms with Crippen molar-refractivity contribution in [3.05, 3.63) is 29.6 Å². The van der Waals surface area contributed by atoms with Crippen LogP contribution >= 0.6 is 24.2 Å². The molecule has 0 aliphatic rings. The van der Waals surface area contributed by atoms with E-state index >= 15 is 0 Å². The zero-order valence-electron chi connectivity index (χ0n) is 6.76. The number of hydrogen-bond donors (Lipinski definition) is 1. The molecule has 13 heavy (non-hydrogen) atoms. The highest BCUT2D eigenvalue weighted by Crippen LogP contribution is 2.15. The molecular weight excluding hydrogens is 211 g/mol. The molecule has 4 heteroatoms. The molecule has 0 amide bonds. The van der Waals surface area contributed by atoms with Gasteiger partial charge in [0.1, 0.15) is 5.82 Å². The van der Waals surface area contributed by atoms with E-state index in [-0.39, 0.29) is 23.0 Å². The Morgan fingerprint density at radius 2 is 2.23 bits per heavy atom. The maximum absolute atomic E-state index is 12.9. The van der Waals surface area contributed by atoms with Crippen LogP contribution in [0.25, 0.3) is 0 Å². The Balaban J connectivity index is 2.90. The lowest BCUT2D eigenvalue weighted by Gasteiger charge is -2.00. The molecule has 1 rings (SSSR count). The van der Waals surface area contributed by atoms with Gasteiger partial charge < -0.3 is 0 Å². The average molecular weight is 219 g/mol. The fraction of sp³-hybridized carbons (Fsp3) is 0.222. The summed E-state index contributed by atoms with van der Waals surface area (Å²) in [5.41, 5.74) is 0.343. The van der Waals surface area contributed by atoms with Gasteiger partial charge in [-0.2, -0.15) is 0 Å². The minimum absolute atomic E-state index is 0.151. The maximum atomic E-state index is 12.9. The summed E-state index contributed by atoms with van der Waals surface area (Å²) >= 11 is 9.24. The molecule has 1 aromatic carbocycles. The molecule has 0 saturated carbocycles. The van der Waals surface area contributed by atoms with Crippen molar-refractivity contribution < 1.29 is 9.18 Å². The monoisotopic (exact) mass is 218 g/mol. The first-order valence-electron chi connectivity index (χ1n) is 3.73. The molecule has 0 fully saturated rings. The SMILES string of the molecule is O=C(CCCl)c1ccc(S)c(F)c1. The van der Waals surface area contributed by atoms with Crippen molar-refractivity contribution in [1.29, 1.82) is 0 Å². The summed E-state index contributed by atoms with van der Waals surface area (Å²) in [6.07, 6.45) is 0.229. The molecule has 70 valence electrons. The smallest absolute Gasteiger partial charge is 0.164 e. The lowest BCUT2D eigenvalue weighted by Crippen LogP contribution is -2.00. The Kier molecular flexibility index (Phi) is 3.75. The third kappa shape index (κ3) is 2.71. The van der Waals surface area contributed by atoms with Gasteiger partial charge in [-0.3, -0.25) is 4.79 Å². The fourth-order valence-electron chi connectivity index (χ4n) is 0.911. The predicted molar refractivity (Wildman–Crippen MR) is 53.3 cm³/mol. The number of Topliss-reactive ketones (excluding diaryl/α,β-unsaturated/α-hetero) is 1. The Morgan fingerprint density at radius 3 is 2.77 bits per heavy atom. The highest BCUT2D eigenvalue weighted by atomic mass is 35.5. The normalized spacial score (nSPS) is 10.1. The first kappa shape index (κ1) is 10.5. The summed E-state index contributed by atoms with van der Waals surface area (Å²) in [6.45, 7) is 0. The second-order valence-electron chi connectivity index (χ2n) is 2.53. The molecule has 0 spiro atoms. The Labute approximate surface area is 86.3 Å². The Hall–Kier alpha value is -0.540. The zero-order valence-corrected chi connectivity index (χ0v) is 8.41. The molecule has 1 nitrogen and oxygen atoms in total. The van der Waals surface area contributed by atoms with Gasteiger partial charge in [0.15, 0.2) is 5.78 Å². The standard InChI is InChI=1S/C9H8ClFOS/c10-4-3-8(12)6-1-2-9(13)7(11)5-6/h1-2,5,13H,3-4H2. The van der Waals surface area contributed by atoms with Gasteiger partial charge in [0, 0.05) is 22.8 Å². The molecule has 0 aliphatic heterocycles. The van der Waals surface area contributed by atoms with Crippen molar-refractivity contribution in [2.24, 2.45) is 0 Å². The van der Waals surface area contributed by atoms with Gasteiger partial charge in [-0.15, -0.1) is 24.2 Å². The summed E-state index contributed by atoms with van der Waals surface area (Å²) in [5, 5.41) is 0. The number of alkyl halides is 1. The van der Waals surface area contributed by atoms with Crippen LogP contribution in [0, 0.1) is 5.82 Å². The van der Waals surface area contributed by atoms with E-state index in [2.05, 4.69) is 12.6 Å². The topological polar surface area (TPSA) is 17.1 Å². The quantitative estimate of drug-likeness (QED) is 0.469. The van der Waals surface area contributed by atoms with E-state index in [0.29, 0.717) is 5.56 Å². The van der Waals surface area contributed by atoms with Crippen molar-refractivity contribution >= 4 is 30.0 Å². The molecule has 0 N–H and O–H groups in total. The van der Waals surface area contributed by atoms with Crippen LogP contribution in [0.2, 0.25) is 0 Å². The third-order valence-electron chi connectivity index (χ3n) is 1.59. The first-order valence-corrected chi connectivity index (χ1v) is 4.71. The summed E-state index contributed by atoms with van der Waals surface area (Å²) in [4.78, 5) is 11.5. The van der Waals surface area contributed by atoms with E-state index in [0.717, 1.165) is 0 Å². The largest absolute Gasteiger partial charge is 0.294 e. The number of rotatable bonds is 3. The van der Waals surface area contributed by atoms with Crippen LogP contribution in [0.1, 0.15) is 16.8 Å². The Morgan fingerprint density at radius 1 is 1.54 bits per heavy atom. The molecule has 0 aromatic heterocycles. The number of benzene rings is 1. The summed E-state index contributed by atoms with van der Waals surface area (Å²) in [7, 11) is 0. The number of thiol groups is 1. The minimum Gasteiger partial charge on any atom is -0.294 e. The molecule has 0 saturated heterocycles. The predicted octanol–water partition coefficient (Wildman–Crippen LogP) is 2.93. The highest BCUT2D eigenvalue weighted by molar-refractivity contribution is 7.80. The van der Waals surface area contributed by atoms with Crippen LogP contribution in [-0.4, -0.2) is 11.7 Å². The minimum atomic E-state index is -0.483. The van der Waals surface area contributed by atoms with Gasteiger partial charge in [0.05, 0.1) is 0 Å². The fourth-order valence-corrected chi connectivity index (χ4v) is 1.22. The van der Waals surface area contributed by atoms with Crippen LogP contribution in [-0.2, 0) is 0 Å². The zero-order chi connectivity index (χ0) is 9.84. The first-order chi connectivity index (χ1) is 6.15. The van der Waals surface area contributed by atoms with E-state index < -0.39 is 5.82 Å². The van der Waals surface area contributed by atoms with Crippen molar-refractivity contribution in [1.82, 2.24) is 0 Å². The lowest BCUT2D eigenvalue weighted by molar-refractivity contribution is 0.0988. The van der Waals surface area contributed by atoms with Crippen molar-refractivity contribution in [2.75, 3.05) is 5.88 Å². The van der Waals surface area contributed by atoms with E-state index in [9.17, 15) is 9.18 Å². The number of hydrogen-bond acceptors (Lipinski definition) is 2. The number of halogens is 2. The van der Waals surface area contributed by atoms with E-state index in [1.54, 1.807) is 6.07 Å². The number of ketones is 1. The summed E-state index contributed by atoms with van der Waals surface area (Å²) in [5.74, 6) is -0.380.